The van der Waals surface area contributed by atoms with Crippen LogP contribution in [-0.4, -0.2) is 19.1 Å². The summed E-state index contributed by atoms with van der Waals surface area (Å²) >= 11 is 6.37. The first-order chi connectivity index (χ1) is 8.72. The average molecular weight is 267 g/mol. The number of benzene rings is 1. The van der Waals surface area contributed by atoms with Gasteiger partial charge < -0.3 is 10.2 Å². The summed E-state index contributed by atoms with van der Waals surface area (Å²) < 4.78 is 0. The molecule has 100 valence electrons. The molecule has 1 aromatic rings. The third-order valence-electron chi connectivity index (χ3n) is 3.66. The second kappa shape index (κ2) is 6.44. The Balaban J connectivity index is 2.04. The molecule has 1 aromatic carbocycles. The Morgan fingerprint density at radius 1 is 1.44 bits per heavy atom. The van der Waals surface area contributed by atoms with Crippen LogP contribution < -0.4 is 10.2 Å². The zero-order valence-electron chi connectivity index (χ0n) is 11.4. The minimum atomic E-state index is 0.644. The van der Waals surface area contributed by atoms with Gasteiger partial charge in [0.1, 0.15) is 0 Å². The van der Waals surface area contributed by atoms with Crippen molar-refractivity contribution in [2.45, 2.75) is 45.7 Å². The summed E-state index contributed by atoms with van der Waals surface area (Å²) in [5, 5.41) is 4.28. The Bertz CT molecular complexity index is 392. The van der Waals surface area contributed by atoms with Gasteiger partial charge in [0.2, 0.25) is 0 Å². The highest BCUT2D eigenvalue weighted by Crippen LogP contribution is 2.29. The van der Waals surface area contributed by atoms with Crippen LogP contribution in [0, 0.1) is 0 Å². The lowest BCUT2D eigenvalue weighted by Crippen LogP contribution is -2.26. The molecule has 1 saturated heterocycles. The number of nitrogens with zero attached hydrogens (tertiary/aromatic N) is 1. The third-order valence-corrected chi connectivity index (χ3v) is 4.02. The quantitative estimate of drug-likeness (QED) is 0.815. The maximum atomic E-state index is 6.37. The predicted octanol–water partition coefficient (Wildman–Crippen LogP) is 3.83. The van der Waals surface area contributed by atoms with E-state index in [4.69, 9.17) is 11.6 Å². The minimum absolute atomic E-state index is 0.644. The second-order valence-electron chi connectivity index (χ2n) is 5.14. The van der Waals surface area contributed by atoms with Crippen molar-refractivity contribution in [2.24, 2.45) is 0 Å². The Morgan fingerprint density at radius 2 is 2.28 bits per heavy atom. The summed E-state index contributed by atoms with van der Waals surface area (Å²) in [6.07, 6.45) is 3.73. The number of hydrogen-bond acceptors (Lipinski definition) is 2. The maximum Gasteiger partial charge on any atom is 0.0471 e. The molecule has 1 aliphatic heterocycles. The summed E-state index contributed by atoms with van der Waals surface area (Å²) in [4.78, 5) is 2.45. The molecule has 2 rings (SSSR count). The first-order valence-electron chi connectivity index (χ1n) is 6.98. The first-order valence-corrected chi connectivity index (χ1v) is 7.36. The first kappa shape index (κ1) is 13.7. The van der Waals surface area contributed by atoms with E-state index in [0.717, 1.165) is 31.1 Å². The van der Waals surface area contributed by atoms with Gasteiger partial charge in [0.05, 0.1) is 0 Å². The lowest BCUT2D eigenvalue weighted by Gasteiger charge is -2.24. The topological polar surface area (TPSA) is 15.3 Å². The van der Waals surface area contributed by atoms with Crippen molar-refractivity contribution in [3.05, 3.63) is 28.8 Å². The van der Waals surface area contributed by atoms with Gasteiger partial charge in [-0.25, -0.2) is 0 Å². The molecule has 0 aromatic heterocycles. The second-order valence-corrected chi connectivity index (χ2v) is 5.54. The smallest absolute Gasteiger partial charge is 0.0471 e. The van der Waals surface area contributed by atoms with Crippen molar-refractivity contribution in [1.29, 1.82) is 0 Å². The number of nitrogens with one attached hydrogen (secondary N) is 1. The summed E-state index contributed by atoms with van der Waals surface area (Å²) in [6.45, 7) is 7.53. The molecule has 0 saturated carbocycles. The van der Waals surface area contributed by atoms with E-state index in [1.807, 2.05) is 0 Å². The van der Waals surface area contributed by atoms with Gasteiger partial charge in [0.25, 0.3) is 0 Å². The van der Waals surface area contributed by atoms with Crippen molar-refractivity contribution >= 4 is 17.3 Å². The Morgan fingerprint density at radius 3 is 2.89 bits per heavy atom. The van der Waals surface area contributed by atoms with E-state index in [0.29, 0.717) is 6.04 Å². The van der Waals surface area contributed by atoms with Crippen LogP contribution in [-0.2, 0) is 6.54 Å². The molecule has 0 amide bonds. The fourth-order valence-corrected chi connectivity index (χ4v) is 2.82. The number of halogens is 1. The third kappa shape index (κ3) is 3.18. The molecule has 1 unspecified atom stereocenters. The molecule has 0 spiro atoms. The lowest BCUT2D eigenvalue weighted by molar-refractivity contribution is 0.675. The van der Waals surface area contributed by atoms with E-state index < -0.39 is 0 Å². The van der Waals surface area contributed by atoms with Crippen LogP contribution in [0.15, 0.2) is 18.2 Å². The van der Waals surface area contributed by atoms with Crippen LogP contribution in [0.25, 0.3) is 0 Å². The number of hydrogen-bond donors (Lipinski definition) is 1. The van der Waals surface area contributed by atoms with Crippen LogP contribution >= 0.6 is 11.6 Å². The lowest BCUT2D eigenvalue weighted by atomic mass is 10.1. The summed E-state index contributed by atoms with van der Waals surface area (Å²) in [5.74, 6) is 0. The van der Waals surface area contributed by atoms with Gasteiger partial charge in [0.15, 0.2) is 0 Å². The van der Waals surface area contributed by atoms with Crippen molar-refractivity contribution in [3.63, 3.8) is 0 Å². The van der Waals surface area contributed by atoms with Crippen LogP contribution in [0.5, 0.6) is 0 Å². The van der Waals surface area contributed by atoms with Crippen molar-refractivity contribution in [3.8, 4) is 0 Å². The van der Waals surface area contributed by atoms with Gasteiger partial charge in [-0.05, 0) is 50.4 Å². The molecular weight excluding hydrogens is 244 g/mol. The van der Waals surface area contributed by atoms with Crippen molar-refractivity contribution in [2.75, 3.05) is 18.0 Å². The highest BCUT2D eigenvalue weighted by Gasteiger charge is 2.20. The van der Waals surface area contributed by atoms with E-state index >= 15 is 0 Å². The Labute approximate surface area is 115 Å². The maximum absolute atomic E-state index is 6.37. The van der Waals surface area contributed by atoms with E-state index in [9.17, 15) is 0 Å². The Hall–Kier alpha value is -0.730. The van der Waals surface area contributed by atoms with E-state index in [1.165, 1.54) is 24.1 Å². The molecule has 1 fully saturated rings. The largest absolute Gasteiger partial charge is 0.369 e. The SMILES string of the molecule is CCCNCc1ccc(N2CCCC2C)cc1Cl. The fourth-order valence-electron chi connectivity index (χ4n) is 2.57. The van der Waals surface area contributed by atoms with E-state index in [2.05, 4.69) is 42.3 Å². The van der Waals surface area contributed by atoms with Gasteiger partial charge >= 0.3 is 0 Å². The molecule has 1 heterocycles. The van der Waals surface area contributed by atoms with Crippen LogP contribution in [0.3, 0.4) is 0 Å². The highest BCUT2D eigenvalue weighted by atomic mass is 35.5. The van der Waals surface area contributed by atoms with E-state index in [1.54, 1.807) is 0 Å². The van der Waals surface area contributed by atoms with Crippen LogP contribution in [0.2, 0.25) is 5.02 Å². The van der Waals surface area contributed by atoms with E-state index in [-0.39, 0.29) is 0 Å². The molecular formula is C15H23ClN2. The van der Waals surface area contributed by atoms with Crippen molar-refractivity contribution < 1.29 is 0 Å². The molecule has 2 nitrogen and oxygen atoms in total. The van der Waals surface area contributed by atoms with Crippen LogP contribution in [0.1, 0.15) is 38.7 Å². The van der Waals surface area contributed by atoms with Gasteiger partial charge in [-0.15, -0.1) is 0 Å². The molecule has 1 aliphatic rings. The molecule has 1 atom stereocenters. The predicted molar refractivity (Wildman–Crippen MR) is 79.5 cm³/mol. The summed E-state index contributed by atoms with van der Waals surface area (Å²) in [6, 6.07) is 7.12. The van der Waals surface area contributed by atoms with Gasteiger partial charge in [-0.2, -0.15) is 0 Å². The van der Waals surface area contributed by atoms with Gasteiger partial charge in [-0.3, -0.25) is 0 Å². The molecule has 18 heavy (non-hydrogen) atoms. The van der Waals surface area contributed by atoms with Gasteiger partial charge in [-0.1, -0.05) is 24.6 Å². The average Bonchev–Trinajstić information content (AvgIpc) is 2.78. The molecule has 0 aliphatic carbocycles. The van der Waals surface area contributed by atoms with Gasteiger partial charge in [0, 0.05) is 29.8 Å². The molecule has 0 radical (unpaired) electrons. The molecule has 3 heteroatoms. The minimum Gasteiger partial charge on any atom is -0.369 e. The zero-order chi connectivity index (χ0) is 13.0. The Kier molecular flexibility index (Phi) is 4.90. The fraction of sp³-hybridized carbons (Fsp3) is 0.600. The zero-order valence-corrected chi connectivity index (χ0v) is 12.1. The number of anilines is 1. The number of rotatable bonds is 5. The molecule has 1 N–H and O–H groups in total. The summed E-state index contributed by atoms with van der Waals surface area (Å²) in [7, 11) is 0. The molecule has 0 bridgehead atoms. The summed E-state index contributed by atoms with van der Waals surface area (Å²) in [5.41, 5.74) is 2.46. The highest BCUT2D eigenvalue weighted by molar-refractivity contribution is 6.31. The van der Waals surface area contributed by atoms with Crippen molar-refractivity contribution in [1.82, 2.24) is 5.32 Å². The monoisotopic (exact) mass is 266 g/mol. The standard InChI is InChI=1S/C15H23ClN2/c1-3-8-17-11-13-6-7-14(10-15(13)16)18-9-4-5-12(18)2/h6-7,10,12,17H,3-5,8-9,11H2,1-2H3. The normalized spacial score (nSPS) is 19.5. The van der Waals surface area contributed by atoms with Crippen LogP contribution in [0.4, 0.5) is 5.69 Å².